The summed E-state index contributed by atoms with van der Waals surface area (Å²) in [5.74, 6) is -1.58. The summed E-state index contributed by atoms with van der Waals surface area (Å²) in [5, 5.41) is 0. The highest BCUT2D eigenvalue weighted by Gasteiger charge is 2.20. The van der Waals surface area contributed by atoms with Crippen molar-refractivity contribution in [2.45, 2.75) is 143 Å². The van der Waals surface area contributed by atoms with Crippen LogP contribution in [0, 0.1) is 0 Å². The van der Waals surface area contributed by atoms with Gasteiger partial charge in [0.25, 0.3) is 0 Å². The van der Waals surface area contributed by atoms with Gasteiger partial charge in [-0.25, -0.2) is 24.4 Å². The second-order valence-electron chi connectivity index (χ2n) is 14.8. The highest BCUT2D eigenvalue weighted by molar-refractivity contribution is 5.94. The lowest BCUT2D eigenvalue weighted by Gasteiger charge is -2.12. The third kappa shape index (κ3) is 15.4. The molecule has 0 aliphatic rings. The fraction of sp³-hybridized carbons (Fsp3) is 0.521. The number of nitrogens with zero attached hydrogens (tertiary/aromatic N) is 4. The van der Waals surface area contributed by atoms with Crippen LogP contribution in [0.2, 0.25) is 0 Å². The standard InChI is InChI=1S/C48H64N4O6/c1-5-9-10-11-12-13-14-15-16-17-18-19-20-21-22-23-24-25-36-26-28-49-40(30-36)42-32-38(47(54)57-7-3)34-44(51-42)45-35-39(48(55)58-8-4)33-43(52-45)41-31-37(27-29-50-41)46(53)56-6-2/h26-35H,5-25H2,1-4H3. The minimum atomic E-state index is -0.561. The number of esters is 3. The van der Waals surface area contributed by atoms with Gasteiger partial charge in [0.05, 0.1) is 70.7 Å². The lowest BCUT2D eigenvalue weighted by Crippen LogP contribution is -2.09. The number of carbonyl (C=O) groups is 3. The van der Waals surface area contributed by atoms with E-state index < -0.39 is 17.9 Å². The maximum absolute atomic E-state index is 13.1. The van der Waals surface area contributed by atoms with Gasteiger partial charge in [-0.15, -0.1) is 0 Å². The second kappa shape index (κ2) is 26.1. The molecular formula is C48H64N4O6. The fourth-order valence-corrected chi connectivity index (χ4v) is 6.99. The van der Waals surface area contributed by atoms with Gasteiger partial charge < -0.3 is 14.2 Å². The molecule has 0 aliphatic carbocycles. The van der Waals surface area contributed by atoms with Crippen LogP contribution < -0.4 is 0 Å². The summed E-state index contributed by atoms with van der Waals surface area (Å²) in [4.78, 5) is 57.5. The van der Waals surface area contributed by atoms with E-state index in [2.05, 4.69) is 16.9 Å². The smallest absolute Gasteiger partial charge is 0.338 e. The SMILES string of the molecule is CCCCCCCCCCCCCCCCCCCc1ccnc(-c2cc(C(=O)OCC)cc(-c3cc(C(=O)OCC)cc(-c4cc(C(=O)OCC)ccn4)n3)n2)c1. The Morgan fingerprint density at radius 1 is 0.414 bits per heavy atom. The van der Waals surface area contributed by atoms with E-state index in [-0.39, 0.29) is 30.9 Å². The van der Waals surface area contributed by atoms with Crippen molar-refractivity contribution in [3.05, 3.63) is 83.2 Å². The average molecular weight is 793 g/mol. The number of hydrogen-bond donors (Lipinski definition) is 0. The zero-order chi connectivity index (χ0) is 41.4. The van der Waals surface area contributed by atoms with Gasteiger partial charge in [-0.1, -0.05) is 110 Å². The summed E-state index contributed by atoms with van der Waals surface area (Å²) in [5.41, 5.74) is 4.30. The van der Waals surface area contributed by atoms with Gasteiger partial charge >= 0.3 is 17.9 Å². The molecule has 4 rings (SSSR count). The minimum absolute atomic E-state index is 0.171. The van der Waals surface area contributed by atoms with E-state index in [1.54, 1.807) is 63.4 Å². The van der Waals surface area contributed by atoms with Crippen molar-refractivity contribution in [1.29, 1.82) is 0 Å². The van der Waals surface area contributed by atoms with Crippen LogP contribution in [0.4, 0.5) is 0 Å². The maximum atomic E-state index is 13.1. The molecule has 0 N–H and O–H groups in total. The number of ether oxygens (including phenoxy) is 3. The summed E-state index contributed by atoms with van der Waals surface area (Å²) in [6.45, 7) is 8.07. The number of unbranched alkanes of at least 4 members (excludes halogenated alkanes) is 16. The Kier molecular flexibility index (Phi) is 20.6. The van der Waals surface area contributed by atoms with E-state index >= 15 is 0 Å². The fourth-order valence-electron chi connectivity index (χ4n) is 6.99. The molecule has 4 aromatic heterocycles. The van der Waals surface area contributed by atoms with E-state index in [9.17, 15) is 14.4 Å². The second-order valence-corrected chi connectivity index (χ2v) is 14.8. The maximum Gasteiger partial charge on any atom is 0.338 e. The van der Waals surface area contributed by atoms with E-state index in [4.69, 9.17) is 24.2 Å². The van der Waals surface area contributed by atoms with Gasteiger partial charge in [-0.2, -0.15) is 0 Å². The molecule has 0 spiro atoms. The Morgan fingerprint density at radius 3 is 1.19 bits per heavy atom. The first-order chi connectivity index (χ1) is 28.4. The van der Waals surface area contributed by atoms with Crippen LogP contribution in [-0.4, -0.2) is 57.7 Å². The number of pyridine rings is 4. The number of carbonyl (C=O) groups excluding carboxylic acids is 3. The lowest BCUT2D eigenvalue weighted by molar-refractivity contribution is 0.0516. The van der Waals surface area contributed by atoms with E-state index in [1.807, 2.05) is 12.1 Å². The van der Waals surface area contributed by atoms with Crippen molar-refractivity contribution in [3.8, 4) is 34.2 Å². The van der Waals surface area contributed by atoms with Crippen molar-refractivity contribution >= 4 is 17.9 Å². The number of rotatable bonds is 27. The molecule has 0 amide bonds. The topological polar surface area (TPSA) is 130 Å². The van der Waals surface area contributed by atoms with Crippen LogP contribution in [0.25, 0.3) is 34.2 Å². The highest BCUT2D eigenvalue weighted by atomic mass is 16.5. The molecule has 58 heavy (non-hydrogen) atoms. The summed E-state index contributed by atoms with van der Waals surface area (Å²) in [6, 6.07) is 13.5. The number of aromatic nitrogens is 4. The van der Waals surface area contributed by atoms with Crippen molar-refractivity contribution in [3.63, 3.8) is 0 Å². The van der Waals surface area contributed by atoms with Crippen LogP contribution in [0.1, 0.15) is 173 Å². The summed E-state index contributed by atoms with van der Waals surface area (Å²) >= 11 is 0. The largest absolute Gasteiger partial charge is 0.462 e. The Labute approximate surface area is 346 Å². The van der Waals surface area contributed by atoms with Crippen LogP contribution in [-0.2, 0) is 20.6 Å². The summed E-state index contributed by atoms with van der Waals surface area (Å²) in [6.07, 6.45) is 26.9. The van der Waals surface area contributed by atoms with Gasteiger partial charge in [0.1, 0.15) is 0 Å². The van der Waals surface area contributed by atoms with Crippen molar-refractivity contribution in [1.82, 2.24) is 19.9 Å². The molecule has 0 radical (unpaired) electrons. The summed E-state index contributed by atoms with van der Waals surface area (Å²) < 4.78 is 15.9. The molecule has 312 valence electrons. The molecule has 0 saturated carbocycles. The van der Waals surface area contributed by atoms with Crippen LogP contribution in [0.5, 0.6) is 0 Å². The zero-order valence-electron chi connectivity index (χ0n) is 35.4. The lowest BCUT2D eigenvalue weighted by atomic mass is 10.0. The molecule has 0 fully saturated rings. The first-order valence-corrected chi connectivity index (χ1v) is 21.8. The molecule has 0 aromatic carbocycles. The molecule has 4 aromatic rings. The van der Waals surface area contributed by atoms with Crippen LogP contribution >= 0.6 is 0 Å². The molecular weight excluding hydrogens is 729 g/mol. The normalized spacial score (nSPS) is 11.0. The molecule has 0 saturated heterocycles. The van der Waals surface area contributed by atoms with Crippen molar-refractivity contribution in [2.75, 3.05) is 19.8 Å². The third-order valence-electron chi connectivity index (χ3n) is 10.1. The average Bonchev–Trinajstić information content (AvgIpc) is 3.25. The van der Waals surface area contributed by atoms with Crippen molar-refractivity contribution < 1.29 is 28.6 Å². The number of aryl methyl sites for hydroxylation is 1. The van der Waals surface area contributed by atoms with Gasteiger partial charge in [-0.3, -0.25) is 9.97 Å². The predicted molar refractivity (Wildman–Crippen MR) is 230 cm³/mol. The zero-order valence-corrected chi connectivity index (χ0v) is 35.4. The Hall–Kier alpha value is -4.99. The van der Waals surface area contributed by atoms with Gasteiger partial charge in [0, 0.05) is 12.4 Å². The molecule has 4 heterocycles. The van der Waals surface area contributed by atoms with E-state index in [0.717, 1.165) is 18.4 Å². The molecule has 0 aliphatic heterocycles. The van der Waals surface area contributed by atoms with Crippen LogP contribution in [0.3, 0.4) is 0 Å². The van der Waals surface area contributed by atoms with Gasteiger partial charge in [-0.05, 0) is 87.7 Å². The van der Waals surface area contributed by atoms with E-state index in [1.165, 1.54) is 109 Å². The molecule has 0 unspecified atom stereocenters. The molecule has 10 nitrogen and oxygen atoms in total. The Morgan fingerprint density at radius 2 is 0.759 bits per heavy atom. The first-order valence-electron chi connectivity index (χ1n) is 21.8. The highest BCUT2D eigenvalue weighted by Crippen LogP contribution is 2.28. The van der Waals surface area contributed by atoms with Gasteiger partial charge in [0.15, 0.2) is 0 Å². The van der Waals surface area contributed by atoms with Crippen LogP contribution in [0.15, 0.2) is 60.9 Å². The Balaban J connectivity index is 1.42. The van der Waals surface area contributed by atoms with E-state index in [0.29, 0.717) is 39.7 Å². The first kappa shape index (κ1) is 45.7. The minimum Gasteiger partial charge on any atom is -0.462 e. The molecule has 10 heteroatoms. The van der Waals surface area contributed by atoms with Crippen molar-refractivity contribution in [2.24, 2.45) is 0 Å². The monoisotopic (exact) mass is 792 g/mol. The third-order valence-corrected chi connectivity index (χ3v) is 10.1. The molecule has 0 atom stereocenters. The summed E-state index contributed by atoms with van der Waals surface area (Å²) in [7, 11) is 0. The predicted octanol–water partition coefficient (Wildman–Crippen LogP) is 12.0. The number of hydrogen-bond acceptors (Lipinski definition) is 10. The van der Waals surface area contributed by atoms with Gasteiger partial charge in [0.2, 0.25) is 0 Å². The Bertz CT molecular complexity index is 1880. The molecule has 0 bridgehead atoms. The quantitative estimate of drug-likeness (QED) is 0.0327.